The van der Waals surface area contributed by atoms with Crippen LogP contribution in [0, 0.1) is 0 Å². The summed E-state index contributed by atoms with van der Waals surface area (Å²) in [5, 5.41) is 1.15. The van der Waals surface area contributed by atoms with Crippen molar-refractivity contribution in [2.24, 2.45) is 0 Å². The fourth-order valence-corrected chi connectivity index (χ4v) is 2.61. The zero-order valence-corrected chi connectivity index (χ0v) is 12.7. The lowest BCUT2D eigenvalue weighted by Gasteiger charge is -2.05. The topological polar surface area (TPSA) is 85.2 Å². The van der Waals surface area contributed by atoms with Gasteiger partial charge in [0.15, 0.2) is 0 Å². The normalized spacial score (nSPS) is 11.0. The summed E-state index contributed by atoms with van der Waals surface area (Å²) in [6, 6.07) is 13.7. The summed E-state index contributed by atoms with van der Waals surface area (Å²) in [6.45, 7) is 0. The number of hydrogen-bond acceptors (Lipinski definition) is 5. The molecule has 0 saturated carbocycles. The van der Waals surface area contributed by atoms with Crippen LogP contribution in [-0.4, -0.2) is 17.1 Å². The van der Waals surface area contributed by atoms with E-state index >= 15 is 0 Å². The van der Waals surface area contributed by atoms with Gasteiger partial charge in [0.2, 0.25) is 0 Å². The number of hydrogen-bond donors (Lipinski definition) is 1. The predicted octanol–water partition coefficient (Wildman–Crippen LogP) is 2.71. The molecule has 24 heavy (non-hydrogen) atoms. The van der Waals surface area contributed by atoms with E-state index in [-0.39, 0.29) is 16.9 Å². The van der Waals surface area contributed by atoms with Gasteiger partial charge in [-0.2, -0.15) is 0 Å². The first kappa shape index (κ1) is 14.2. The molecule has 0 aliphatic carbocycles. The van der Waals surface area contributed by atoms with Crippen molar-refractivity contribution in [3.05, 3.63) is 69.3 Å². The number of H-pyrrole nitrogens is 1. The van der Waals surface area contributed by atoms with Crippen LogP contribution in [0.1, 0.15) is 0 Å². The Labute approximate surface area is 135 Å². The quantitative estimate of drug-likeness (QED) is 0.574. The minimum absolute atomic E-state index is 0.178. The number of rotatable bonds is 2. The largest absolute Gasteiger partial charge is 0.497 e. The Bertz CT molecular complexity index is 1190. The summed E-state index contributed by atoms with van der Waals surface area (Å²) in [6.07, 6.45) is 0. The number of ether oxygens (including phenoxy) is 1. The molecular formula is C18H12N2O4. The van der Waals surface area contributed by atoms with Crippen LogP contribution in [0.15, 0.2) is 62.5 Å². The molecule has 0 atom stereocenters. The van der Waals surface area contributed by atoms with Crippen molar-refractivity contribution in [3.63, 3.8) is 0 Å². The van der Waals surface area contributed by atoms with Gasteiger partial charge < -0.3 is 14.1 Å². The molecule has 0 bridgehead atoms. The van der Waals surface area contributed by atoms with E-state index < -0.39 is 5.63 Å². The first-order valence-corrected chi connectivity index (χ1v) is 7.27. The van der Waals surface area contributed by atoms with Gasteiger partial charge in [-0.1, -0.05) is 12.1 Å². The molecule has 4 rings (SSSR count). The molecule has 4 aromatic rings. The lowest BCUT2D eigenvalue weighted by molar-refractivity contribution is 0.415. The molecule has 1 N–H and O–H groups in total. The van der Waals surface area contributed by atoms with Crippen molar-refractivity contribution < 1.29 is 9.15 Å². The molecule has 0 fully saturated rings. The highest BCUT2D eigenvalue weighted by molar-refractivity contribution is 5.83. The van der Waals surface area contributed by atoms with E-state index in [9.17, 15) is 9.59 Å². The Morgan fingerprint density at radius 3 is 2.75 bits per heavy atom. The second-order valence-corrected chi connectivity index (χ2v) is 5.28. The lowest BCUT2D eigenvalue weighted by atomic mass is 10.1. The lowest BCUT2D eigenvalue weighted by Crippen LogP contribution is -2.13. The van der Waals surface area contributed by atoms with E-state index in [0.717, 1.165) is 0 Å². The van der Waals surface area contributed by atoms with Gasteiger partial charge >= 0.3 is 5.63 Å². The summed E-state index contributed by atoms with van der Waals surface area (Å²) >= 11 is 0. The molecule has 2 aromatic carbocycles. The average Bonchev–Trinajstić information content (AvgIpc) is 2.60. The molecule has 0 spiro atoms. The molecule has 6 nitrogen and oxygen atoms in total. The van der Waals surface area contributed by atoms with Gasteiger partial charge in [-0.15, -0.1) is 0 Å². The van der Waals surface area contributed by atoms with Crippen LogP contribution in [0.4, 0.5) is 0 Å². The fraction of sp³-hybridized carbons (Fsp3) is 0.0556. The molecular weight excluding hydrogens is 308 g/mol. The molecule has 0 amide bonds. The highest BCUT2D eigenvalue weighted by Gasteiger charge is 2.12. The highest BCUT2D eigenvalue weighted by Crippen LogP contribution is 2.23. The molecule has 0 aliphatic heterocycles. The molecule has 118 valence electrons. The molecule has 2 heterocycles. The van der Waals surface area contributed by atoms with Crippen LogP contribution < -0.4 is 15.9 Å². The van der Waals surface area contributed by atoms with Gasteiger partial charge in [-0.25, -0.2) is 9.78 Å². The van der Waals surface area contributed by atoms with E-state index in [2.05, 4.69) is 9.97 Å². The summed E-state index contributed by atoms with van der Waals surface area (Å²) in [5.74, 6) is 0.819. The number of aromatic nitrogens is 2. The van der Waals surface area contributed by atoms with E-state index in [4.69, 9.17) is 9.15 Å². The van der Waals surface area contributed by atoms with E-state index in [0.29, 0.717) is 27.6 Å². The maximum atomic E-state index is 12.3. The number of benzene rings is 2. The molecule has 0 unspecified atom stereocenters. The molecule has 6 heteroatoms. The Balaban J connectivity index is 2.00. The van der Waals surface area contributed by atoms with Crippen LogP contribution in [0.2, 0.25) is 0 Å². The Morgan fingerprint density at radius 1 is 1.08 bits per heavy atom. The monoisotopic (exact) mass is 320 g/mol. The number of aromatic amines is 1. The molecule has 2 aromatic heterocycles. The Morgan fingerprint density at radius 2 is 1.92 bits per heavy atom. The second-order valence-electron chi connectivity index (χ2n) is 5.28. The highest BCUT2D eigenvalue weighted by atomic mass is 16.5. The third-order valence-electron chi connectivity index (χ3n) is 3.81. The average molecular weight is 320 g/mol. The zero-order chi connectivity index (χ0) is 16.7. The van der Waals surface area contributed by atoms with E-state index in [1.807, 2.05) is 0 Å². The summed E-state index contributed by atoms with van der Waals surface area (Å²) in [5.41, 5.74) is 0.277. The summed E-state index contributed by atoms with van der Waals surface area (Å²) in [7, 11) is 1.56. The van der Waals surface area contributed by atoms with E-state index in [1.54, 1.807) is 55.6 Å². The first-order valence-electron chi connectivity index (χ1n) is 7.27. The molecule has 0 radical (unpaired) electrons. The van der Waals surface area contributed by atoms with Crippen molar-refractivity contribution >= 4 is 21.9 Å². The van der Waals surface area contributed by atoms with Gasteiger partial charge in [0.25, 0.3) is 5.56 Å². The van der Waals surface area contributed by atoms with E-state index in [1.165, 1.54) is 0 Å². The number of para-hydroxylation sites is 1. The van der Waals surface area contributed by atoms with Crippen molar-refractivity contribution in [2.75, 3.05) is 7.11 Å². The van der Waals surface area contributed by atoms with Crippen molar-refractivity contribution in [1.82, 2.24) is 9.97 Å². The summed E-state index contributed by atoms with van der Waals surface area (Å²) < 4.78 is 10.5. The van der Waals surface area contributed by atoms with Crippen molar-refractivity contribution in [1.29, 1.82) is 0 Å². The number of nitrogens with zero attached hydrogens (tertiary/aromatic N) is 1. The Hall–Kier alpha value is -3.41. The van der Waals surface area contributed by atoms with Crippen molar-refractivity contribution in [3.8, 4) is 17.1 Å². The minimum Gasteiger partial charge on any atom is -0.497 e. The maximum absolute atomic E-state index is 12.3. The third kappa shape index (κ3) is 2.25. The fourth-order valence-electron chi connectivity index (χ4n) is 2.61. The van der Waals surface area contributed by atoms with Crippen molar-refractivity contribution in [2.45, 2.75) is 0 Å². The van der Waals surface area contributed by atoms with Gasteiger partial charge in [-0.3, -0.25) is 4.79 Å². The first-order chi connectivity index (χ1) is 11.7. The minimum atomic E-state index is -0.564. The zero-order valence-electron chi connectivity index (χ0n) is 12.7. The van der Waals surface area contributed by atoms with Gasteiger partial charge in [0.05, 0.1) is 18.0 Å². The standard InChI is InChI=1S/C18H12N2O4/c1-23-11-6-7-15-10(8-11)9-13(18(22)24-15)16-19-14-5-3-2-4-12(14)17(21)20-16/h2-9H,1H3,(H,19,20,21). The van der Waals surface area contributed by atoms with Crippen LogP contribution >= 0.6 is 0 Å². The number of nitrogens with one attached hydrogen (secondary N) is 1. The van der Waals surface area contributed by atoms with Crippen LogP contribution in [-0.2, 0) is 0 Å². The number of methoxy groups -OCH3 is 1. The maximum Gasteiger partial charge on any atom is 0.347 e. The van der Waals surface area contributed by atoms with Gasteiger partial charge in [0.1, 0.15) is 22.7 Å². The van der Waals surface area contributed by atoms with Gasteiger partial charge in [0, 0.05) is 5.39 Å². The smallest absolute Gasteiger partial charge is 0.347 e. The third-order valence-corrected chi connectivity index (χ3v) is 3.81. The van der Waals surface area contributed by atoms with Gasteiger partial charge in [-0.05, 0) is 36.4 Å². The Kier molecular flexibility index (Phi) is 3.16. The number of fused-ring (bicyclic) bond motifs is 2. The molecule has 0 aliphatic rings. The van der Waals surface area contributed by atoms with Crippen LogP contribution in [0.5, 0.6) is 5.75 Å². The second kappa shape index (κ2) is 5.34. The SMILES string of the molecule is COc1ccc2oc(=O)c(-c3nc4ccccc4c(=O)[nH]3)cc2c1. The van der Waals surface area contributed by atoms with Crippen LogP contribution in [0.3, 0.4) is 0 Å². The molecule has 0 saturated heterocycles. The summed E-state index contributed by atoms with van der Waals surface area (Å²) in [4.78, 5) is 31.5. The van der Waals surface area contributed by atoms with Crippen LogP contribution in [0.25, 0.3) is 33.3 Å². The predicted molar refractivity (Wildman–Crippen MR) is 90.4 cm³/mol.